The van der Waals surface area contributed by atoms with E-state index >= 15 is 0 Å². The Balaban J connectivity index is 1.64. The fourth-order valence-electron chi connectivity index (χ4n) is 3.38. The first-order chi connectivity index (χ1) is 10.7. The number of benzene rings is 1. The highest BCUT2D eigenvalue weighted by atomic mass is 15.3. The Morgan fingerprint density at radius 1 is 1.23 bits per heavy atom. The maximum absolute atomic E-state index is 4.50. The van der Waals surface area contributed by atoms with Crippen molar-refractivity contribution in [2.75, 3.05) is 58.8 Å². The molecule has 1 atom stereocenters. The molecule has 0 radical (unpaired) electrons. The van der Waals surface area contributed by atoms with E-state index in [9.17, 15) is 0 Å². The Kier molecular flexibility index (Phi) is 4.64. The zero-order valence-corrected chi connectivity index (χ0v) is 13.9. The van der Waals surface area contributed by atoms with E-state index in [0.29, 0.717) is 6.04 Å². The fourth-order valence-corrected chi connectivity index (χ4v) is 3.38. The monoisotopic (exact) mass is 301 g/mol. The maximum atomic E-state index is 4.50. The summed E-state index contributed by atoms with van der Waals surface area (Å²) < 4.78 is 0. The third kappa shape index (κ3) is 3.10. The van der Waals surface area contributed by atoms with Crippen LogP contribution >= 0.6 is 0 Å². The van der Waals surface area contributed by atoms with Gasteiger partial charge >= 0.3 is 0 Å². The summed E-state index contributed by atoms with van der Waals surface area (Å²) in [5.41, 5.74) is 2.71. The Bertz CT molecular complexity index is 542. The molecule has 0 bridgehead atoms. The maximum Gasteiger partial charge on any atom is 0.198 e. The molecule has 1 saturated heterocycles. The van der Waals surface area contributed by atoms with Crippen LogP contribution in [0.1, 0.15) is 5.56 Å². The molecule has 0 saturated carbocycles. The summed E-state index contributed by atoms with van der Waals surface area (Å²) in [6.45, 7) is 5.35. The predicted molar refractivity (Wildman–Crippen MR) is 92.8 cm³/mol. The van der Waals surface area contributed by atoms with Gasteiger partial charge in [0.2, 0.25) is 0 Å². The number of nitrogens with one attached hydrogen (secondary N) is 1. The van der Waals surface area contributed by atoms with E-state index in [-0.39, 0.29) is 0 Å². The highest BCUT2D eigenvalue weighted by Gasteiger charge is 2.25. The van der Waals surface area contributed by atoms with Crippen molar-refractivity contribution < 1.29 is 0 Å². The second-order valence-electron chi connectivity index (χ2n) is 6.36. The number of hydrogen-bond donors (Lipinski definition) is 1. The minimum atomic E-state index is 0.536. The van der Waals surface area contributed by atoms with Crippen LogP contribution in [0.25, 0.3) is 0 Å². The number of nitrogens with zero attached hydrogens (tertiary/aromatic N) is 4. The summed E-state index contributed by atoms with van der Waals surface area (Å²) in [6.07, 6.45) is 1.10. The molecule has 22 heavy (non-hydrogen) atoms. The summed E-state index contributed by atoms with van der Waals surface area (Å²) >= 11 is 0. The zero-order chi connectivity index (χ0) is 15.5. The molecule has 5 nitrogen and oxygen atoms in total. The number of anilines is 1. The Labute approximate surface area is 133 Å². The van der Waals surface area contributed by atoms with Crippen molar-refractivity contribution >= 4 is 11.6 Å². The van der Waals surface area contributed by atoms with Crippen molar-refractivity contribution in [2.45, 2.75) is 12.5 Å². The third-order valence-electron chi connectivity index (χ3n) is 4.83. The van der Waals surface area contributed by atoms with Gasteiger partial charge in [-0.2, -0.15) is 0 Å². The van der Waals surface area contributed by atoms with Gasteiger partial charge in [-0.15, -0.1) is 0 Å². The molecule has 0 aromatic heterocycles. The van der Waals surface area contributed by atoms with Crippen LogP contribution in [0.2, 0.25) is 0 Å². The standard InChI is InChI=1S/C17H27N5/c1-18-17(19-12-15-13-20(2)10-11-21(15)3)22-9-8-14-6-4-5-7-16(14)22/h4-7,15H,8-13H2,1-3H3,(H,18,19). The van der Waals surface area contributed by atoms with Crippen molar-refractivity contribution in [1.29, 1.82) is 0 Å². The van der Waals surface area contributed by atoms with Gasteiger partial charge in [-0.1, -0.05) is 18.2 Å². The first-order valence-corrected chi connectivity index (χ1v) is 8.14. The highest BCUT2D eigenvalue weighted by Crippen LogP contribution is 2.27. The topological polar surface area (TPSA) is 34.1 Å². The second kappa shape index (κ2) is 6.67. The van der Waals surface area contributed by atoms with Crippen molar-refractivity contribution in [3.8, 4) is 0 Å². The minimum Gasteiger partial charge on any atom is -0.354 e. The SMILES string of the molecule is CN=C(NCC1CN(C)CCN1C)N1CCc2ccccc21. The van der Waals surface area contributed by atoms with Gasteiger partial charge in [0.15, 0.2) is 5.96 Å². The van der Waals surface area contributed by atoms with Crippen molar-refractivity contribution in [3.63, 3.8) is 0 Å². The molecule has 3 rings (SSSR count). The molecule has 1 fully saturated rings. The van der Waals surface area contributed by atoms with Gasteiger partial charge in [0.25, 0.3) is 0 Å². The number of guanidine groups is 1. The number of hydrogen-bond acceptors (Lipinski definition) is 3. The number of aliphatic imine (C=N–C) groups is 1. The van der Waals surface area contributed by atoms with Crippen LogP contribution < -0.4 is 10.2 Å². The van der Waals surface area contributed by atoms with E-state index in [1.807, 2.05) is 7.05 Å². The van der Waals surface area contributed by atoms with Crippen LogP contribution in [-0.2, 0) is 6.42 Å². The minimum absolute atomic E-state index is 0.536. The normalized spacial score (nSPS) is 23.7. The molecule has 1 N–H and O–H groups in total. The summed E-state index contributed by atoms with van der Waals surface area (Å²) in [6, 6.07) is 9.16. The van der Waals surface area contributed by atoms with Gasteiger partial charge in [-0.25, -0.2) is 0 Å². The van der Waals surface area contributed by atoms with Crippen molar-refractivity contribution in [1.82, 2.24) is 15.1 Å². The average molecular weight is 301 g/mol. The molecular weight excluding hydrogens is 274 g/mol. The Morgan fingerprint density at radius 2 is 2.05 bits per heavy atom. The van der Waals surface area contributed by atoms with Crippen LogP contribution in [0.4, 0.5) is 5.69 Å². The molecule has 1 unspecified atom stereocenters. The first-order valence-electron chi connectivity index (χ1n) is 8.14. The molecule has 0 spiro atoms. The summed E-state index contributed by atoms with van der Waals surface area (Å²) in [5.74, 6) is 0.992. The van der Waals surface area contributed by atoms with Gasteiger partial charge < -0.3 is 15.1 Å². The smallest absolute Gasteiger partial charge is 0.198 e. The van der Waals surface area contributed by atoms with E-state index in [4.69, 9.17) is 0 Å². The van der Waals surface area contributed by atoms with Gasteiger partial charge in [-0.05, 0) is 32.1 Å². The molecule has 5 heteroatoms. The lowest BCUT2D eigenvalue weighted by molar-refractivity contribution is 0.116. The Morgan fingerprint density at radius 3 is 2.86 bits per heavy atom. The summed E-state index contributed by atoms with van der Waals surface area (Å²) in [5, 5.41) is 3.58. The molecule has 0 amide bonds. The van der Waals surface area contributed by atoms with E-state index in [0.717, 1.165) is 45.1 Å². The highest BCUT2D eigenvalue weighted by molar-refractivity contribution is 5.97. The lowest BCUT2D eigenvalue weighted by Gasteiger charge is -2.38. The molecular formula is C17H27N5. The average Bonchev–Trinajstić information content (AvgIpc) is 2.95. The van der Waals surface area contributed by atoms with Crippen molar-refractivity contribution in [2.24, 2.45) is 4.99 Å². The van der Waals surface area contributed by atoms with Crippen LogP contribution in [0.5, 0.6) is 0 Å². The lowest BCUT2D eigenvalue weighted by atomic mass is 10.2. The quantitative estimate of drug-likeness (QED) is 0.649. The first kappa shape index (κ1) is 15.3. The molecule has 0 aliphatic carbocycles. The largest absolute Gasteiger partial charge is 0.354 e. The molecule has 1 aromatic carbocycles. The molecule has 120 valence electrons. The molecule has 1 aromatic rings. The van der Waals surface area contributed by atoms with Gasteiger partial charge in [-0.3, -0.25) is 9.89 Å². The molecule has 2 aliphatic heterocycles. The second-order valence-corrected chi connectivity index (χ2v) is 6.36. The number of para-hydroxylation sites is 1. The summed E-state index contributed by atoms with van der Waals surface area (Å²) in [4.78, 5) is 11.6. The van der Waals surface area contributed by atoms with Crippen LogP contribution in [-0.4, -0.2) is 75.7 Å². The number of likely N-dealkylation sites (N-methyl/N-ethyl adjacent to an activating group) is 2. The lowest BCUT2D eigenvalue weighted by Crippen LogP contribution is -2.55. The third-order valence-corrected chi connectivity index (χ3v) is 4.83. The van der Waals surface area contributed by atoms with Gasteiger partial charge in [0.1, 0.15) is 0 Å². The van der Waals surface area contributed by atoms with Gasteiger partial charge in [0.05, 0.1) is 0 Å². The van der Waals surface area contributed by atoms with Gasteiger partial charge in [0, 0.05) is 51.5 Å². The summed E-state index contributed by atoms with van der Waals surface area (Å²) in [7, 11) is 6.29. The van der Waals surface area contributed by atoms with Crippen molar-refractivity contribution in [3.05, 3.63) is 29.8 Å². The molecule has 2 heterocycles. The zero-order valence-electron chi connectivity index (χ0n) is 13.9. The Hall–Kier alpha value is -1.59. The van der Waals surface area contributed by atoms with Crippen LogP contribution in [0.15, 0.2) is 29.3 Å². The molecule has 2 aliphatic rings. The van der Waals surface area contributed by atoms with Crippen LogP contribution in [0, 0.1) is 0 Å². The van der Waals surface area contributed by atoms with E-state index in [2.05, 4.69) is 63.4 Å². The number of fused-ring (bicyclic) bond motifs is 1. The van der Waals surface area contributed by atoms with E-state index < -0.39 is 0 Å². The predicted octanol–water partition coefficient (Wildman–Crippen LogP) is 0.870. The fraction of sp³-hybridized carbons (Fsp3) is 0.588. The van der Waals surface area contributed by atoms with E-state index in [1.54, 1.807) is 0 Å². The number of piperazine rings is 1. The van der Waals surface area contributed by atoms with Crippen LogP contribution in [0.3, 0.4) is 0 Å². The van der Waals surface area contributed by atoms with E-state index in [1.165, 1.54) is 11.3 Å². The number of rotatable bonds is 2.